The fourth-order valence-corrected chi connectivity index (χ4v) is 2.62. The fourth-order valence-electron chi connectivity index (χ4n) is 1.95. The predicted molar refractivity (Wildman–Crippen MR) is 79.4 cm³/mol. The highest BCUT2D eigenvalue weighted by Crippen LogP contribution is 2.11. The summed E-state index contributed by atoms with van der Waals surface area (Å²) in [6.45, 7) is 2.14. The Bertz CT molecular complexity index is 522. The number of carbonyl (C=O) groups excluding carboxylic acids is 2. The molecule has 1 heterocycles. The summed E-state index contributed by atoms with van der Waals surface area (Å²) in [6.07, 6.45) is 0.295. The number of amides is 1. The third-order valence-electron chi connectivity index (χ3n) is 2.91. The molecule has 0 fully saturated rings. The second-order valence-corrected chi connectivity index (χ2v) is 5.71. The summed E-state index contributed by atoms with van der Waals surface area (Å²) in [5.74, 6) is -0.257. The summed E-state index contributed by atoms with van der Waals surface area (Å²) in [7, 11) is -0.962. The lowest BCUT2D eigenvalue weighted by Gasteiger charge is -2.12. The van der Waals surface area contributed by atoms with Gasteiger partial charge in [0.15, 0.2) is 3.79 Å². The Morgan fingerprint density at radius 2 is 2.32 bits per heavy atom. The van der Waals surface area contributed by atoms with Gasteiger partial charge in [0.05, 0.1) is 6.61 Å². The van der Waals surface area contributed by atoms with Crippen LogP contribution in [0.5, 0.6) is 0 Å². The number of hydrogen-bond donors (Lipinski definition) is 2. The van der Waals surface area contributed by atoms with E-state index >= 15 is 0 Å². The van der Waals surface area contributed by atoms with E-state index < -0.39 is 7.12 Å². The number of rotatable bonds is 4. The molecule has 1 aromatic rings. The lowest BCUT2D eigenvalue weighted by Crippen LogP contribution is -2.35. The molecule has 0 radical (unpaired) electrons. The van der Waals surface area contributed by atoms with Crippen LogP contribution in [0.4, 0.5) is 0 Å². The van der Waals surface area contributed by atoms with E-state index in [1.165, 1.54) is 0 Å². The van der Waals surface area contributed by atoms with Gasteiger partial charge in [-0.15, -0.1) is 0 Å². The fraction of sp³-hybridized carbons (Fsp3) is 0.333. The molecule has 1 amide bonds. The van der Waals surface area contributed by atoms with Crippen molar-refractivity contribution in [1.82, 2.24) is 5.32 Å². The van der Waals surface area contributed by atoms with Crippen LogP contribution in [-0.2, 0) is 16.1 Å². The van der Waals surface area contributed by atoms with Crippen molar-refractivity contribution in [2.75, 3.05) is 0 Å². The van der Waals surface area contributed by atoms with Crippen LogP contribution < -0.4 is 10.8 Å². The Labute approximate surface area is 125 Å². The number of carbonyl (C=O) groups is 2. The van der Waals surface area contributed by atoms with Crippen LogP contribution in [0.3, 0.4) is 0 Å². The highest BCUT2D eigenvalue weighted by atomic mass is 127. The van der Waals surface area contributed by atoms with Crippen molar-refractivity contribution in [3.8, 4) is 0 Å². The Morgan fingerprint density at radius 1 is 1.58 bits per heavy atom. The van der Waals surface area contributed by atoms with Gasteiger partial charge in [-0.25, -0.2) is 0 Å². The predicted octanol–water partition coefficient (Wildman–Crippen LogP) is 0.374. The van der Waals surface area contributed by atoms with Gasteiger partial charge in [0.1, 0.15) is 0 Å². The quantitative estimate of drug-likeness (QED) is 0.455. The maximum absolute atomic E-state index is 12.0. The molecule has 1 aliphatic heterocycles. The monoisotopic (exact) mass is 373 g/mol. The topological polar surface area (TPSA) is 75.6 Å². The van der Waals surface area contributed by atoms with E-state index in [1.54, 1.807) is 47.7 Å². The molecule has 2 N–H and O–H groups in total. The lowest BCUT2D eigenvalue weighted by molar-refractivity contribution is -0.109. The number of hydrogen-bond acceptors (Lipinski definition) is 4. The summed E-state index contributed by atoms with van der Waals surface area (Å²) in [6, 6.07) is 4.87. The van der Waals surface area contributed by atoms with Crippen molar-refractivity contribution in [2.45, 2.75) is 26.0 Å². The first kappa shape index (κ1) is 14.5. The largest absolute Gasteiger partial charge is 0.491 e. The molecule has 0 spiro atoms. The van der Waals surface area contributed by atoms with Gasteiger partial charge in [0, 0.05) is 18.0 Å². The summed E-state index contributed by atoms with van der Waals surface area (Å²) in [4.78, 5) is 23.0. The average molecular weight is 373 g/mol. The highest BCUT2D eigenvalue weighted by Gasteiger charge is 2.28. The van der Waals surface area contributed by atoms with Crippen molar-refractivity contribution >= 4 is 44.9 Å². The molecule has 0 saturated carbocycles. The first-order valence-electron chi connectivity index (χ1n) is 5.89. The number of nitrogens with one attached hydrogen (secondary N) is 1. The van der Waals surface area contributed by atoms with E-state index in [9.17, 15) is 14.6 Å². The molecule has 0 aliphatic carbocycles. The van der Waals surface area contributed by atoms with Crippen LogP contribution in [0.1, 0.15) is 29.3 Å². The number of halogens is 1. The summed E-state index contributed by atoms with van der Waals surface area (Å²) in [5.41, 5.74) is 1.97. The minimum Gasteiger partial charge on any atom is -0.423 e. The standard InChI is InChI=1S/C12H13BINO4/c1-7(4-11(14)16)15-12(17)8-2-3-9-6-19-13(18)10(9)5-8/h2-3,5,7,18H,4,6H2,1H3,(H,15,17)/t7-/m0/s1. The van der Waals surface area contributed by atoms with Crippen LogP contribution in [0.25, 0.3) is 0 Å². The van der Waals surface area contributed by atoms with Crippen molar-refractivity contribution < 1.29 is 19.3 Å². The molecule has 0 aromatic heterocycles. The molecular formula is C12H13BINO4. The second-order valence-electron chi connectivity index (χ2n) is 4.51. The molecule has 100 valence electrons. The smallest absolute Gasteiger partial charge is 0.423 e. The van der Waals surface area contributed by atoms with Gasteiger partial charge in [-0.3, -0.25) is 9.59 Å². The first-order chi connectivity index (χ1) is 8.97. The molecule has 0 unspecified atom stereocenters. The molecule has 0 saturated heterocycles. The second kappa shape index (κ2) is 6.02. The number of fused-ring (bicyclic) bond motifs is 1. The van der Waals surface area contributed by atoms with Crippen LogP contribution in [-0.4, -0.2) is 27.9 Å². The maximum Gasteiger partial charge on any atom is 0.491 e. The van der Waals surface area contributed by atoms with E-state index in [-0.39, 0.29) is 15.7 Å². The van der Waals surface area contributed by atoms with Gasteiger partial charge in [-0.2, -0.15) is 0 Å². The van der Waals surface area contributed by atoms with Crippen LogP contribution >= 0.6 is 22.6 Å². The molecule has 1 aliphatic rings. The minimum atomic E-state index is -0.962. The van der Waals surface area contributed by atoms with Gasteiger partial charge < -0.3 is 15.0 Å². The van der Waals surface area contributed by atoms with Crippen molar-refractivity contribution in [3.63, 3.8) is 0 Å². The molecule has 19 heavy (non-hydrogen) atoms. The minimum absolute atomic E-state index is 0.00294. The summed E-state index contributed by atoms with van der Waals surface area (Å²) in [5, 5.41) is 12.3. The zero-order chi connectivity index (χ0) is 14.0. The maximum atomic E-state index is 12.0. The van der Waals surface area contributed by atoms with Crippen molar-refractivity contribution in [1.29, 1.82) is 0 Å². The molecule has 0 bridgehead atoms. The molecule has 7 heteroatoms. The normalized spacial score (nSPS) is 15.0. The van der Waals surface area contributed by atoms with E-state index in [1.807, 2.05) is 0 Å². The zero-order valence-corrected chi connectivity index (χ0v) is 12.5. The van der Waals surface area contributed by atoms with Gasteiger partial charge in [-0.1, -0.05) is 6.07 Å². The SMILES string of the molecule is C[C@@H](CC(=O)I)NC(=O)c1ccc2c(c1)B(O)OC2. The van der Waals surface area contributed by atoms with Crippen LogP contribution in [0.2, 0.25) is 0 Å². The molecule has 2 rings (SSSR count). The molecular weight excluding hydrogens is 360 g/mol. The lowest BCUT2D eigenvalue weighted by atomic mass is 9.79. The van der Waals surface area contributed by atoms with E-state index in [0.29, 0.717) is 24.1 Å². The van der Waals surface area contributed by atoms with Gasteiger partial charge in [-0.05, 0) is 52.7 Å². The van der Waals surface area contributed by atoms with E-state index in [0.717, 1.165) is 5.56 Å². The molecule has 1 aromatic carbocycles. The van der Waals surface area contributed by atoms with Gasteiger partial charge in [0.25, 0.3) is 5.91 Å². The van der Waals surface area contributed by atoms with Gasteiger partial charge >= 0.3 is 7.12 Å². The highest BCUT2D eigenvalue weighted by molar-refractivity contribution is 14.1. The zero-order valence-electron chi connectivity index (χ0n) is 10.4. The van der Waals surface area contributed by atoms with Crippen LogP contribution in [0.15, 0.2) is 18.2 Å². The van der Waals surface area contributed by atoms with E-state index in [4.69, 9.17) is 4.65 Å². The summed E-state index contributed by atoms with van der Waals surface area (Å²) >= 11 is 1.71. The summed E-state index contributed by atoms with van der Waals surface area (Å²) < 4.78 is 5.07. The third kappa shape index (κ3) is 3.55. The Morgan fingerprint density at radius 3 is 3.00 bits per heavy atom. The van der Waals surface area contributed by atoms with Crippen LogP contribution in [0, 0.1) is 0 Å². The number of benzene rings is 1. The van der Waals surface area contributed by atoms with Crippen molar-refractivity contribution in [3.05, 3.63) is 29.3 Å². The average Bonchev–Trinajstić information content (AvgIpc) is 2.69. The third-order valence-corrected chi connectivity index (χ3v) is 3.36. The van der Waals surface area contributed by atoms with Crippen molar-refractivity contribution in [2.24, 2.45) is 0 Å². The Kier molecular flexibility index (Phi) is 4.59. The first-order valence-corrected chi connectivity index (χ1v) is 6.97. The van der Waals surface area contributed by atoms with E-state index in [2.05, 4.69) is 5.32 Å². The molecule has 5 nitrogen and oxygen atoms in total. The Balaban J connectivity index is 2.08. The Hall–Kier alpha value is -0.925. The molecule has 1 atom stereocenters. The van der Waals surface area contributed by atoms with Gasteiger partial charge in [0.2, 0.25) is 0 Å².